The van der Waals surface area contributed by atoms with E-state index in [1.54, 1.807) is 11.1 Å². The van der Waals surface area contributed by atoms with Crippen molar-refractivity contribution in [2.24, 2.45) is 23.7 Å². The minimum atomic E-state index is -0.826. The van der Waals surface area contributed by atoms with E-state index < -0.39 is 20.8 Å². The van der Waals surface area contributed by atoms with E-state index in [2.05, 4.69) is 64.8 Å². The second kappa shape index (κ2) is 10.5. The van der Waals surface area contributed by atoms with Crippen LogP contribution in [0.1, 0.15) is 53.4 Å². The number of halogens is 2. The first-order chi connectivity index (χ1) is 12.0. The second-order valence-electron chi connectivity index (χ2n) is 7.56. The third kappa shape index (κ3) is 5.57. The fraction of sp³-hybridized carbons (Fsp3) is 0.545. The van der Waals surface area contributed by atoms with Crippen molar-refractivity contribution in [1.29, 1.82) is 0 Å². The van der Waals surface area contributed by atoms with Gasteiger partial charge in [0, 0.05) is 0 Å². The van der Waals surface area contributed by atoms with Gasteiger partial charge in [0.05, 0.1) is 0 Å². The predicted octanol–water partition coefficient (Wildman–Crippen LogP) is 7.62. The summed E-state index contributed by atoms with van der Waals surface area (Å²) in [6.07, 6.45) is 19.4. The Bertz CT molecular complexity index is 521. The van der Waals surface area contributed by atoms with Crippen molar-refractivity contribution in [2.45, 2.75) is 53.4 Å². The molecule has 4 aliphatic carbocycles. The molecule has 136 valence electrons. The first-order valence-electron chi connectivity index (χ1n) is 9.40. The Labute approximate surface area is 173 Å². The first kappa shape index (κ1) is 21.5. The molecule has 0 N–H and O–H groups in total. The van der Waals surface area contributed by atoms with Crippen LogP contribution in [0.3, 0.4) is 0 Å². The standard InChI is InChI=1S/2C11H15.2ClH.Zr/c2*1-8-6-7-9(2)11-5-3-4-10(8)11;;;/h2*4,6-7,9,11H,3,5H2,1-2H3;2*1H;/q2*-1;;;+4/p-2. The molecule has 25 heavy (non-hydrogen) atoms. The third-order valence-corrected chi connectivity index (χ3v) is 5.96. The summed E-state index contributed by atoms with van der Waals surface area (Å²) in [5.41, 5.74) is 6.23. The molecule has 0 aromatic rings. The number of hydrogen-bond acceptors (Lipinski definition) is 0. The zero-order chi connectivity index (χ0) is 18.4. The number of hydrogen-bond donors (Lipinski definition) is 0. The van der Waals surface area contributed by atoms with Crippen LogP contribution < -0.4 is 0 Å². The van der Waals surface area contributed by atoms with Gasteiger partial charge in [-0.3, -0.25) is 0 Å². The average Bonchev–Trinajstić information content (AvgIpc) is 3.26. The molecule has 0 aliphatic heterocycles. The van der Waals surface area contributed by atoms with Crippen LogP contribution >= 0.6 is 17.0 Å². The molecule has 0 spiro atoms. The Morgan fingerprint density at radius 3 is 1.52 bits per heavy atom. The van der Waals surface area contributed by atoms with E-state index in [9.17, 15) is 0 Å². The molecule has 0 heterocycles. The number of allylic oxidation sites excluding steroid dienone is 8. The average molecular weight is 457 g/mol. The van der Waals surface area contributed by atoms with Crippen molar-refractivity contribution in [2.75, 3.05) is 0 Å². The van der Waals surface area contributed by atoms with Gasteiger partial charge in [-0.15, -0.1) is 38.8 Å². The van der Waals surface area contributed by atoms with Crippen LogP contribution in [0.4, 0.5) is 0 Å². The van der Waals surface area contributed by atoms with Crippen molar-refractivity contribution >= 4 is 17.0 Å². The molecule has 0 aromatic heterocycles. The molecule has 2 fully saturated rings. The summed E-state index contributed by atoms with van der Waals surface area (Å²) < 4.78 is 0. The molecule has 3 heteroatoms. The van der Waals surface area contributed by atoms with E-state index in [1.165, 1.54) is 36.8 Å². The molecular formula is C22H30Cl2Zr. The summed E-state index contributed by atoms with van der Waals surface area (Å²) in [5.74, 6) is 3.24. The van der Waals surface area contributed by atoms with Crippen LogP contribution in [-0.2, 0) is 20.8 Å². The molecule has 0 nitrogen and oxygen atoms in total. The minimum absolute atomic E-state index is 0.771. The quantitative estimate of drug-likeness (QED) is 0.329. The van der Waals surface area contributed by atoms with Gasteiger partial charge in [-0.1, -0.05) is 38.8 Å². The Balaban J connectivity index is 0.000000156. The van der Waals surface area contributed by atoms with Crippen molar-refractivity contribution in [3.8, 4) is 0 Å². The van der Waals surface area contributed by atoms with Crippen LogP contribution in [0, 0.1) is 36.5 Å². The van der Waals surface area contributed by atoms with E-state index >= 15 is 0 Å². The summed E-state index contributed by atoms with van der Waals surface area (Å²) in [6, 6.07) is 0. The Morgan fingerprint density at radius 1 is 0.840 bits per heavy atom. The van der Waals surface area contributed by atoms with Crippen molar-refractivity contribution < 1.29 is 20.8 Å². The van der Waals surface area contributed by atoms with Gasteiger partial charge >= 0.3 is 37.9 Å². The summed E-state index contributed by atoms with van der Waals surface area (Å²) >= 11 is -0.826. The zero-order valence-corrected chi connectivity index (χ0v) is 19.8. The van der Waals surface area contributed by atoms with Gasteiger partial charge < -0.3 is 0 Å². The van der Waals surface area contributed by atoms with Gasteiger partial charge in [0.1, 0.15) is 0 Å². The van der Waals surface area contributed by atoms with Gasteiger partial charge in [-0.2, -0.15) is 11.1 Å². The van der Waals surface area contributed by atoms with Gasteiger partial charge in [-0.25, -0.2) is 24.0 Å². The molecule has 0 amide bonds. The van der Waals surface area contributed by atoms with Gasteiger partial charge in [0.25, 0.3) is 0 Å². The number of fused-ring (bicyclic) bond motifs is 2. The molecule has 0 radical (unpaired) electrons. The Kier molecular flexibility index (Phi) is 9.00. The maximum atomic E-state index is 4.93. The molecule has 4 aliphatic rings. The first-order valence-corrected chi connectivity index (χ1v) is 15.7. The second-order valence-corrected chi connectivity index (χ2v) is 11.3. The van der Waals surface area contributed by atoms with Crippen LogP contribution in [-0.4, -0.2) is 0 Å². The van der Waals surface area contributed by atoms with Gasteiger partial charge in [-0.05, 0) is 23.7 Å². The third-order valence-electron chi connectivity index (χ3n) is 5.96. The monoisotopic (exact) mass is 454 g/mol. The van der Waals surface area contributed by atoms with Crippen LogP contribution in [0.15, 0.2) is 46.6 Å². The normalized spacial score (nSPS) is 31.6. The van der Waals surface area contributed by atoms with Crippen LogP contribution in [0.2, 0.25) is 0 Å². The van der Waals surface area contributed by atoms with Crippen LogP contribution in [0.5, 0.6) is 0 Å². The molecule has 4 atom stereocenters. The molecule has 2 saturated carbocycles. The summed E-state index contributed by atoms with van der Waals surface area (Å²) in [5, 5.41) is 0. The van der Waals surface area contributed by atoms with Crippen molar-refractivity contribution in [3.63, 3.8) is 0 Å². The Hall–Kier alpha value is 0.163. The van der Waals surface area contributed by atoms with E-state index in [4.69, 9.17) is 17.0 Å². The summed E-state index contributed by atoms with van der Waals surface area (Å²) in [7, 11) is 9.87. The predicted molar refractivity (Wildman–Crippen MR) is 108 cm³/mol. The van der Waals surface area contributed by atoms with Crippen molar-refractivity contribution in [3.05, 3.63) is 59.4 Å². The van der Waals surface area contributed by atoms with E-state index in [0.717, 1.165) is 23.7 Å². The van der Waals surface area contributed by atoms with E-state index in [1.807, 2.05) is 0 Å². The fourth-order valence-electron chi connectivity index (χ4n) is 4.50. The summed E-state index contributed by atoms with van der Waals surface area (Å²) in [6.45, 7) is 9.11. The molecule has 4 unspecified atom stereocenters. The zero-order valence-electron chi connectivity index (χ0n) is 15.9. The van der Waals surface area contributed by atoms with Gasteiger partial charge in [0.2, 0.25) is 0 Å². The molecule has 0 bridgehead atoms. The fourth-order valence-corrected chi connectivity index (χ4v) is 4.50. The van der Waals surface area contributed by atoms with Crippen molar-refractivity contribution in [1.82, 2.24) is 0 Å². The van der Waals surface area contributed by atoms with E-state index in [-0.39, 0.29) is 0 Å². The topological polar surface area (TPSA) is 0 Å². The molecule has 0 saturated heterocycles. The number of rotatable bonds is 0. The SMILES string of the molecule is CC1=C2[CH-]CCC2C(C)C=C1.CC1=C2[CH-]CCC2C(C)C=C1.[Cl][Zr+2][Cl]. The summed E-state index contributed by atoms with van der Waals surface area (Å²) in [4.78, 5) is 0. The maximum absolute atomic E-state index is 4.93. The van der Waals surface area contributed by atoms with Gasteiger partial charge in [0.15, 0.2) is 0 Å². The Morgan fingerprint density at radius 2 is 1.20 bits per heavy atom. The molecule has 0 aromatic carbocycles. The molecule has 4 rings (SSSR count). The van der Waals surface area contributed by atoms with E-state index in [0.29, 0.717) is 0 Å². The van der Waals surface area contributed by atoms with Crippen LogP contribution in [0.25, 0.3) is 0 Å². The molecular weight excluding hydrogens is 426 g/mol.